The highest BCUT2D eigenvalue weighted by molar-refractivity contribution is 5.81. The van der Waals surface area contributed by atoms with Gasteiger partial charge in [0.25, 0.3) is 0 Å². The summed E-state index contributed by atoms with van der Waals surface area (Å²) in [6.07, 6.45) is -5.17. The molecule has 1 aliphatic rings. The number of amides is 1. The molecule has 13 heavy (non-hydrogen) atoms. The molecule has 0 spiro atoms. The van der Waals surface area contributed by atoms with Crippen LogP contribution in [0.5, 0.6) is 0 Å². The van der Waals surface area contributed by atoms with Crippen molar-refractivity contribution in [3.05, 3.63) is 0 Å². The van der Waals surface area contributed by atoms with Gasteiger partial charge in [0.15, 0.2) is 6.04 Å². The van der Waals surface area contributed by atoms with Gasteiger partial charge in [0.1, 0.15) is 12.3 Å². The van der Waals surface area contributed by atoms with Crippen molar-refractivity contribution in [2.45, 2.75) is 18.3 Å². The third-order valence-corrected chi connectivity index (χ3v) is 1.90. The number of aliphatic hydroxyl groups is 1. The highest BCUT2D eigenvalue weighted by Gasteiger charge is 2.47. The van der Waals surface area contributed by atoms with Crippen LogP contribution >= 0.6 is 0 Å². The van der Waals surface area contributed by atoms with Crippen molar-refractivity contribution in [3.63, 3.8) is 0 Å². The van der Waals surface area contributed by atoms with Crippen molar-refractivity contribution < 1.29 is 29.3 Å². The molecule has 0 aromatic carbocycles. The first-order chi connectivity index (χ1) is 5.95. The molecule has 0 aliphatic carbocycles. The summed E-state index contributed by atoms with van der Waals surface area (Å²) in [4.78, 5) is 21.2. The number of likely N-dealkylation sites (tertiary alicyclic amines) is 1. The second kappa shape index (κ2) is 3.17. The molecule has 0 bridgehead atoms. The lowest BCUT2D eigenvalue weighted by molar-refractivity contribution is -0.144. The maximum Gasteiger partial charge on any atom is 0.408 e. The number of aliphatic carboxylic acids is 1. The average molecular weight is 193 g/mol. The largest absolute Gasteiger partial charge is 0.480 e. The lowest BCUT2D eigenvalue weighted by Gasteiger charge is -2.18. The predicted molar refractivity (Wildman–Crippen MR) is 37.1 cm³/mol. The Hall–Kier alpha value is -1.37. The van der Waals surface area contributed by atoms with Crippen molar-refractivity contribution in [2.24, 2.45) is 0 Å². The monoisotopic (exact) mass is 193 g/mol. The van der Waals surface area contributed by atoms with E-state index in [-0.39, 0.29) is 0 Å². The zero-order chi connectivity index (χ0) is 10.2. The normalized spacial score (nSPS) is 33.4. The van der Waals surface area contributed by atoms with Crippen molar-refractivity contribution in [1.82, 2.24) is 4.90 Å². The third-order valence-electron chi connectivity index (χ3n) is 1.90. The van der Waals surface area contributed by atoms with Crippen LogP contribution in [-0.2, 0) is 4.79 Å². The van der Waals surface area contributed by atoms with Crippen LogP contribution in [0.2, 0.25) is 0 Å². The number of nitrogens with zero attached hydrogens (tertiary/aromatic N) is 1. The predicted octanol–water partition coefficient (Wildman–Crippen LogP) is -0.868. The molecule has 0 aromatic heterocycles. The first-order valence-electron chi connectivity index (χ1n) is 3.49. The molecule has 1 fully saturated rings. The topological polar surface area (TPSA) is 98.1 Å². The molecule has 1 aliphatic heterocycles. The van der Waals surface area contributed by atoms with Crippen LogP contribution in [-0.4, -0.2) is 57.1 Å². The molecule has 0 radical (unpaired) electrons. The van der Waals surface area contributed by atoms with E-state index >= 15 is 0 Å². The molecule has 3 atom stereocenters. The van der Waals surface area contributed by atoms with Gasteiger partial charge in [-0.25, -0.2) is 14.0 Å². The average Bonchev–Trinajstić information content (AvgIpc) is 2.28. The van der Waals surface area contributed by atoms with E-state index < -0.39 is 36.9 Å². The summed E-state index contributed by atoms with van der Waals surface area (Å²) in [5.74, 6) is -1.55. The Morgan fingerprint density at radius 3 is 2.23 bits per heavy atom. The van der Waals surface area contributed by atoms with Crippen LogP contribution in [0, 0.1) is 0 Å². The molecule has 0 unspecified atom stereocenters. The summed E-state index contributed by atoms with van der Waals surface area (Å²) in [6, 6.07) is -1.70. The molecular formula is C6H8FNO5. The van der Waals surface area contributed by atoms with Crippen LogP contribution in [0.1, 0.15) is 0 Å². The van der Waals surface area contributed by atoms with E-state index in [2.05, 4.69) is 0 Å². The summed E-state index contributed by atoms with van der Waals surface area (Å²) in [7, 11) is 0. The Bertz CT molecular complexity index is 245. The molecule has 1 rings (SSSR count). The van der Waals surface area contributed by atoms with Gasteiger partial charge in [-0.05, 0) is 0 Å². The smallest absolute Gasteiger partial charge is 0.408 e. The van der Waals surface area contributed by atoms with E-state index in [1.165, 1.54) is 0 Å². The summed E-state index contributed by atoms with van der Waals surface area (Å²) >= 11 is 0. The summed E-state index contributed by atoms with van der Waals surface area (Å²) in [5.41, 5.74) is 0. The summed E-state index contributed by atoms with van der Waals surface area (Å²) in [5, 5.41) is 25.9. The lowest BCUT2D eigenvalue weighted by Crippen LogP contribution is -2.44. The van der Waals surface area contributed by atoms with Crippen molar-refractivity contribution in [1.29, 1.82) is 0 Å². The second-order valence-electron chi connectivity index (χ2n) is 2.72. The van der Waals surface area contributed by atoms with Gasteiger partial charge in [-0.15, -0.1) is 0 Å². The molecule has 7 heteroatoms. The quantitative estimate of drug-likeness (QED) is 0.503. The van der Waals surface area contributed by atoms with E-state index in [4.69, 9.17) is 15.3 Å². The van der Waals surface area contributed by atoms with Gasteiger partial charge in [0.2, 0.25) is 0 Å². The number of halogens is 1. The van der Waals surface area contributed by atoms with Gasteiger partial charge in [-0.1, -0.05) is 0 Å². The van der Waals surface area contributed by atoms with Crippen LogP contribution in [0.3, 0.4) is 0 Å². The van der Waals surface area contributed by atoms with Gasteiger partial charge < -0.3 is 15.3 Å². The second-order valence-corrected chi connectivity index (χ2v) is 2.72. The molecule has 1 heterocycles. The summed E-state index contributed by atoms with van der Waals surface area (Å²) < 4.78 is 12.7. The Labute approximate surface area is 72.2 Å². The molecule has 3 N–H and O–H groups in total. The number of aliphatic hydroxyl groups excluding tert-OH is 1. The van der Waals surface area contributed by atoms with E-state index in [9.17, 15) is 14.0 Å². The van der Waals surface area contributed by atoms with E-state index in [1.54, 1.807) is 0 Å². The van der Waals surface area contributed by atoms with Crippen LogP contribution in [0.15, 0.2) is 0 Å². The van der Waals surface area contributed by atoms with E-state index in [0.29, 0.717) is 4.90 Å². The van der Waals surface area contributed by atoms with E-state index in [0.717, 1.165) is 0 Å². The van der Waals surface area contributed by atoms with Crippen LogP contribution in [0.4, 0.5) is 9.18 Å². The fraction of sp³-hybridized carbons (Fsp3) is 0.667. The number of carboxylic acids is 1. The standard InChI is InChI=1S/C6H8FNO5/c7-2-1-8(6(12)13)3(4(2)9)5(10)11/h2-4,9H,1H2,(H,10,11)(H,12,13)/t2-,3+,4+/m0/s1. The van der Waals surface area contributed by atoms with Gasteiger partial charge in [-0.3, -0.25) is 4.90 Å². The Kier molecular flexibility index (Phi) is 2.37. The maximum atomic E-state index is 12.7. The number of alkyl halides is 1. The zero-order valence-corrected chi connectivity index (χ0v) is 6.42. The number of rotatable bonds is 1. The molecular weight excluding hydrogens is 185 g/mol. The molecule has 0 saturated carbocycles. The molecule has 1 amide bonds. The first kappa shape index (κ1) is 9.72. The van der Waals surface area contributed by atoms with Crippen LogP contribution < -0.4 is 0 Å². The summed E-state index contributed by atoms with van der Waals surface area (Å²) in [6.45, 7) is -0.604. The van der Waals surface area contributed by atoms with Gasteiger partial charge in [0, 0.05) is 0 Å². The van der Waals surface area contributed by atoms with E-state index in [1.807, 2.05) is 0 Å². The Morgan fingerprint density at radius 1 is 1.38 bits per heavy atom. The fourth-order valence-electron chi connectivity index (χ4n) is 1.27. The van der Waals surface area contributed by atoms with Crippen molar-refractivity contribution in [3.8, 4) is 0 Å². The number of hydrogen-bond acceptors (Lipinski definition) is 3. The Morgan fingerprint density at radius 2 is 1.92 bits per heavy atom. The minimum absolute atomic E-state index is 0.373. The highest BCUT2D eigenvalue weighted by atomic mass is 19.1. The number of carboxylic acid groups (broad SMARTS) is 2. The van der Waals surface area contributed by atoms with Crippen molar-refractivity contribution >= 4 is 12.1 Å². The molecule has 0 aromatic rings. The zero-order valence-electron chi connectivity index (χ0n) is 6.42. The van der Waals surface area contributed by atoms with Crippen LogP contribution in [0.25, 0.3) is 0 Å². The molecule has 74 valence electrons. The maximum absolute atomic E-state index is 12.7. The highest BCUT2D eigenvalue weighted by Crippen LogP contribution is 2.21. The van der Waals surface area contributed by atoms with Gasteiger partial charge in [-0.2, -0.15) is 0 Å². The van der Waals surface area contributed by atoms with Gasteiger partial charge in [0.05, 0.1) is 6.54 Å². The number of carbonyl (C=O) groups is 2. The van der Waals surface area contributed by atoms with Gasteiger partial charge >= 0.3 is 12.1 Å². The minimum Gasteiger partial charge on any atom is -0.480 e. The Balaban J connectivity index is 2.86. The SMILES string of the molecule is O=C(O)[C@H]1[C@H](O)[C@@H](F)CN1C(=O)O. The third kappa shape index (κ3) is 1.55. The number of hydrogen-bond donors (Lipinski definition) is 3. The molecule has 1 saturated heterocycles. The van der Waals surface area contributed by atoms with Crippen molar-refractivity contribution in [2.75, 3.05) is 6.54 Å². The first-order valence-corrected chi connectivity index (χ1v) is 3.49. The fourth-order valence-corrected chi connectivity index (χ4v) is 1.27. The molecule has 6 nitrogen and oxygen atoms in total. The minimum atomic E-state index is -1.84. The lowest BCUT2D eigenvalue weighted by atomic mass is 10.1.